The minimum Gasteiger partial charge on any atom is -0.481 e. The fourth-order valence-electron chi connectivity index (χ4n) is 2.97. The predicted molar refractivity (Wildman–Crippen MR) is 78.2 cm³/mol. The van der Waals surface area contributed by atoms with Crippen LogP contribution in [0.1, 0.15) is 51.9 Å². The lowest BCUT2D eigenvalue weighted by Crippen LogP contribution is -2.42. The van der Waals surface area contributed by atoms with Gasteiger partial charge in [-0.25, -0.2) is 0 Å². The van der Waals surface area contributed by atoms with Crippen LogP contribution in [0.5, 0.6) is 0 Å². The molecule has 1 fully saturated rings. The number of hydrogen-bond donors (Lipinski definition) is 2. The van der Waals surface area contributed by atoms with Crippen molar-refractivity contribution in [1.29, 1.82) is 0 Å². The van der Waals surface area contributed by atoms with E-state index in [1.807, 2.05) is 0 Å². The molecule has 0 radical (unpaired) electrons. The molecular formula is C15H28N2O3. The average molecular weight is 284 g/mol. The first-order chi connectivity index (χ1) is 9.58. The molecule has 3 N–H and O–H groups in total. The van der Waals surface area contributed by atoms with Gasteiger partial charge in [-0.2, -0.15) is 0 Å². The van der Waals surface area contributed by atoms with Gasteiger partial charge in [0.2, 0.25) is 5.91 Å². The minimum atomic E-state index is -0.783. The van der Waals surface area contributed by atoms with Gasteiger partial charge in [0.25, 0.3) is 0 Å². The smallest absolute Gasteiger partial charge is 0.308 e. The zero-order chi connectivity index (χ0) is 15.0. The highest BCUT2D eigenvalue weighted by molar-refractivity contribution is 5.78. The Hall–Kier alpha value is -1.10. The van der Waals surface area contributed by atoms with Crippen molar-refractivity contribution in [2.45, 2.75) is 51.9 Å². The van der Waals surface area contributed by atoms with E-state index in [2.05, 4.69) is 6.92 Å². The van der Waals surface area contributed by atoms with Crippen molar-refractivity contribution < 1.29 is 14.7 Å². The van der Waals surface area contributed by atoms with Gasteiger partial charge in [0.15, 0.2) is 0 Å². The number of carbonyl (C=O) groups is 2. The van der Waals surface area contributed by atoms with Gasteiger partial charge in [-0.15, -0.1) is 0 Å². The molecule has 1 aliphatic heterocycles. The first-order valence-electron chi connectivity index (χ1n) is 7.79. The summed E-state index contributed by atoms with van der Waals surface area (Å²) < 4.78 is 0. The van der Waals surface area contributed by atoms with Crippen LogP contribution in [0.3, 0.4) is 0 Å². The Bertz CT molecular complexity index is 314. The lowest BCUT2D eigenvalue weighted by Gasteiger charge is -2.31. The summed E-state index contributed by atoms with van der Waals surface area (Å²) in [7, 11) is 0. The highest BCUT2D eigenvalue weighted by Gasteiger charge is 2.28. The lowest BCUT2D eigenvalue weighted by atomic mass is 9.93. The van der Waals surface area contributed by atoms with Crippen LogP contribution >= 0.6 is 0 Å². The monoisotopic (exact) mass is 284 g/mol. The predicted octanol–water partition coefficient (Wildman–Crippen LogP) is 1.85. The van der Waals surface area contributed by atoms with Crippen LogP contribution in [0.2, 0.25) is 0 Å². The normalized spacial score (nSPS) is 20.7. The molecule has 5 nitrogen and oxygen atoms in total. The Morgan fingerprint density at radius 3 is 2.70 bits per heavy atom. The molecule has 0 aromatic carbocycles. The van der Waals surface area contributed by atoms with Crippen molar-refractivity contribution >= 4 is 11.9 Å². The van der Waals surface area contributed by atoms with E-state index < -0.39 is 5.97 Å². The molecule has 0 bridgehead atoms. The van der Waals surface area contributed by atoms with E-state index in [0.717, 1.165) is 32.1 Å². The maximum Gasteiger partial charge on any atom is 0.308 e. The molecule has 1 aliphatic rings. The van der Waals surface area contributed by atoms with E-state index in [1.54, 1.807) is 4.90 Å². The number of carboxylic acid groups (broad SMARTS) is 1. The van der Waals surface area contributed by atoms with Crippen LogP contribution in [0.15, 0.2) is 0 Å². The van der Waals surface area contributed by atoms with Crippen molar-refractivity contribution in [1.82, 2.24) is 4.90 Å². The molecule has 0 aromatic rings. The summed E-state index contributed by atoms with van der Waals surface area (Å²) in [5.74, 6) is -0.541. The maximum atomic E-state index is 12.2. The summed E-state index contributed by atoms with van der Waals surface area (Å²) in [6.45, 7) is 3.90. The van der Waals surface area contributed by atoms with Gasteiger partial charge < -0.3 is 15.7 Å². The van der Waals surface area contributed by atoms with Gasteiger partial charge in [0.05, 0.1) is 5.92 Å². The summed E-state index contributed by atoms with van der Waals surface area (Å²) in [6, 6.07) is 0. The largest absolute Gasteiger partial charge is 0.481 e. The molecule has 1 unspecified atom stereocenters. The molecular weight excluding hydrogens is 256 g/mol. The number of nitrogens with two attached hydrogens (primary N) is 1. The number of hydrogen-bond acceptors (Lipinski definition) is 3. The van der Waals surface area contributed by atoms with Crippen LogP contribution in [-0.4, -0.2) is 41.5 Å². The third kappa shape index (κ3) is 5.49. The Labute approximate surface area is 121 Å². The summed E-state index contributed by atoms with van der Waals surface area (Å²) in [4.78, 5) is 24.9. The van der Waals surface area contributed by atoms with Gasteiger partial charge in [-0.3, -0.25) is 9.59 Å². The zero-order valence-corrected chi connectivity index (χ0v) is 12.5. The molecule has 0 aromatic heterocycles. The van der Waals surface area contributed by atoms with Crippen LogP contribution < -0.4 is 5.73 Å². The number of carboxylic acids is 1. The fourth-order valence-corrected chi connectivity index (χ4v) is 2.97. The van der Waals surface area contributed by atoms with E-state index in [1.165, 1.54) is 0 Å². The van der Waals surface area contributed by atoms with Gasteiger partial charge in [-0.1, -0.05) is 19.8 Å². The van der Waals surface area contributed by atoms with Crippen LogP contribution in [-0.2, 0) is 9.59 Å². The summed E-state index contributed by atoms with van der Waals surface area (Å²) in [5.41, 5.74) is 5.60. The number of aliphatic carboxylic acids is 1. The Morgan fingerprint density at radius 1 is 1.35 bits per heavy atom. The van der Waals surface area contributed by atoms with E-state index >= 15 is 0 Å². The Morgan fingerprint density at radius 2 is 2.10 bits per heavy atom. The molecule has 20 heavy (non-hydrogen) atoms. The molecule has 1 saturated heterocycles. The number of amides is 1. The lowest BCUT2D eigenvalue weighted by molar-refractivity contribution is -0.145. The summed E-state index contributed by atoms with van der Waals surface area (Å²) >= 11 is 0. The van der Waals surface area contributed by atoms with Gasteiger partial charge >= 0.3 is 5.97 Å². The molecule has 2 atom stereocenters. The van der Waals surface area contributed by atoms with Gasteiger partial charge in [0, 0.05) is 19.5 Å². The van der Waals surface area contributed by atoms with Crippen LogP contribution in [0, 0.1) is 11.8 Å². The third-order valence-corrected chi connectivity index (χ3v) is 4.16. The highest BCUT2D eigenvalue weighted by atomic mass is 16.4. The third-order valence-electron chi connectivity index (χ3n) is 4.16. The molecule has 1 amide bonds. The van der Waals surface area contributed by atoms with E-state index in [-0.39, 0.29) is 11.8 Å². The minimum absolute atomic E-state index is 0.106. The van der Waals surface area contributed by atoms with Gasteiger partial charge in [-0.05, 0) is 38.1 Å². The SMILES string of the molecule is CCCC(CCN)CCC(=O)N1CCC[C@H](C(=O)O)C1. The number of carbonyl (C=O) groups excluding carboxylic acids is 1. The van der Waals surface area contributed by atoms with Crippen molar-refractivity contribution in [3.8, 4) is 0 Å². The van der Waals surface area contributed by atoms with Crippen molar-refractivity contribution in [2.24, 2.45) is 17.6 Å². The second kappa shape index (κ2) is 8.95. The van der Waals surface area contributed by atoms with E-state index in [0.29, 0.717) is 38.4 Å². The molecule has 116 valence electrons. The molecule has 1 rings (SSSR count). The molecule has 0 saturated carbocycles. The zero-order valence-electron chi connectivity index (χ0n) is 12.5. The molecule has 0 spiro atoms. The van der Waals surface area contributed by atoms with Crippen molar-refractivity contribution in [3.05, 3.63) is 0 Å². The van der Waals surface area contributed by atoms with Crippen LogP contribution in [0.25, 0.3) is 0 Å². The summed E-state index contributed by atoms with van der Waals surface area (Å²) in [5, 5.41) is 9.04. The second-order valence-corrected chi connectivity index (χ2v) is 5.79. The number of piperidine rings is 1. The number of rotatable bonds is 8. The fraction of sp³-hybridized carbons (Fsp3) is 0.867. The van der Waals surface area contributed by atoms with Crippen molar-refractivity contribution in [2.75, 3.05) is 19.6 Å². The van der Waals surface area contributed by atoms with Crippen LogP contribution in [0.4, 0.5) is 0 Å². The van der Waals surface area contributed by atoms with Gasteiger partial charge in [0.1, 0.15) is 0 Å². The van der Waals surface area contributed by atoms with E-state index in [4.69, 9.17) is 10.8 Å². The summed E-state index contributed by atoms with van der Waals surface area (Å²) in [6.07, 6.45) is 6.08. The van der Waals surface area contributed by atoms with Crippen molar-refractivity contribution in [3.63, 3.8) is 0 Å². The quantitative estimate of drug-likeness (QED) is 0.712. The van der Waals surface area contributed by atoms with E-state index in [9.17, 15) is 9.59 Å². The highest BCUT2D eigenvalue weighted by Crippen LogP contribution is 2.21. The number of likely N-dealkylation sites (tertiary alicyclic amines) is 1. The maximum absolute atomic E-state index is 12.2. The first-order valence-corrected chi connectivity index (χ1v) is 7.79. The molecule has 5 heteroatoms. The Balaban J connectivity index is 2.39. The molecule has 1 heterocycles. The number of nitrogens with zero attached hydrogens (tertiary/aromatic N) is 1. The average Bonchev–Trinajstić information content (AvgIpc) is 2.45. The second-order valence-electron chi connectivity index (χ2n) is 5.79. The first kappa shape index (κ1) is 17.0. The topological polar surface area (TPSA) is 83.6 Å². The molecule has 0 aliphatic carbocycles. The standard InChI is InChI=1S/C15H28N2O3/c1-2-4-12(8-9-16)6-7-14(18)17-10-3-5-13(11-17)15(19)20/h12-13H,2-11,16H2,1H3,(H,19,20)/t12?,13-/m0/s1. The Kier molecular flexibility index (Phi) is 7.59.